The molecule has 0 rings (SSSR count). The number of carbonyl (C=O) groups excluding carboxylic acids is 3. The van der Waals surface area contributed by atoms with E-state index in [4.69, 9.17) is 4.74 Å². The van der Waals surface area contributed by atoms with Crippen LogP contribution < -0.4 is 0 Å². The minimum absolute atomic E-state index is 0.273. The van der Waals surface area contributed by atoms with Crippen molar-refractivity contribution in [3.8, 4) is 0 Å². The fourth-order valence-corrected chi connectivity index (χ4v) is 1.46. The zero-order chi connectivity index (χ0) is 15.2. The summed E-state index contributed by atoms with van der Waals surface area (Å²) in [6.07, 6.45) is 8.62. The average Bonchev–Trinajstić information content (AvgIpc) is 2.44. The second-order valence-electron chi connectivity index (χ2n) is 4.26. The molecule has 110 valence electrons. The van der Waals surface area contributed by atoms with Crippen molar-refractivity contribution in [1.82, 2.24) is 0 Å². The van der Waals surface area contributed by atoms with Gasteiger partial charge in [0.15, 0.2) is 6.17 Å². The third kappa shape index (κ3) is 8.97. The number of nitrogens with zero attached hydrogens (tertiary/aromatic N) is 2. The number of esters is 1. The number of ether oxygens (including phenoxy) is 1. The second kappa shape index (κ2) is 12.0. The maximum atomic E-state index is 11.6. The van der Waals surface area contributed by atoms with Crippen molar-refractivity contribution in [3.63, 3.8) is 0 Å². The Morgan fingerprint density at radius 3 is 2.40 bits per heavy atom. The van der Waals surface area contributed by atoms with Crippen LogP contribution in [-0.4, -0.2) is 30.9 Å². The van der Waals surface area contributed by atoms with Gasteiger partial charge in [0, 0.05) is 5.57 Å². The van der Waals surface area contributed by atoms with Crippen molar-refractivity contribution in [1.29, 1.82) is 0 Å². The Hall–Kier alpha value is -2.03. The highest BCUT2D eigenvalue weighted by Crippen LogP contribution is 2.07. The Bertz CT molecular complexity index is 401. The number of isocyanates is 2. The molecule has 0 saturated heterocycles. The summed E-state index contributed by atoms with van der Waals surface area (Å²) in [5, 5.41) is 0. The zero-order valence-electron chi connectivity index (χ0n) is 11.9. The first kappa shape index (κ1) is 18.0. The third-order valence-electron chi connectivity index (χ3n) is 2.60. The van der Waals surface area contributed by atoms with Gasteiger partial charge in [-0.2, -0.15) is 9.98 Å². The summed E-state index contributed by atoms with van der Waals surface area (Å²) in [4.78, 5) is 38.2. The van der Waals surface area contributed by atoms with E-state index in [2.05, 4.69) is 16.9 Å². The van der Waals surface area contributed by atoms with Crippen molar-refractivity contribution < 1.29 is 19.1 Å². The monoisotopic (exact) mass is 280 g/mol. The van der Waals surface area contributed by atoms with E-state index >= 15 is 0 Å². The lowest BCUT2D eigenvalue weighted by Gasteiger charge is -2.06. The van der Waals surface area contributed by atoms with Gasteiger partial charge >= 0.3 is 5.97 Å². The van der Waals surface area contributed by atoms with Crippen LogP contribution in [-0.2, 0) is 19.1 Å². The van der Waals surface area contributed by atoms with Crippen LogP contribution >= 0.6 is 0 Å². The summed E-state index contributed by atoms with van der Waals surface area (Å²) in [5.41, 5.74) is 0.491. The van der Waals surface area contributed by atoms with Gasteiger partial charge in [0.2, 0.25) is 12.2 Å². The van der Waals surface area contributed by atoms with Crippen molar-refractivity contribution >= 4 is 18.1 Å². The van der Waals surface area contributed by atoms with Crippen LogP contribution in [0.1, 0.15) is 46.0 Å². The molecule has 0 aliphatic carbocycles. The van der Waals surface area contributed by atoms with E-state index in [0.717, 1.165) is 19.3 Å². The molecule has 0 aromatic rings. The lowest BCUT2D eigenvalue weighted by atomic mass is 10.1. The molecule has 0 unspecified atom stereocenters. The van der Waals surface area contributed by atoms with Crippen LogP contribution in [0.5, 0.6) is 0 Å². The highest BCUT2D eigenvalue weighted by molar-refractivity contribution is 5.87. The Morgan fingerprint density at radius 1 is 1.20 bits per heavy atom. The fourth-order valence-electron chi connectivity index (χ4n) is 1.46. The second-order valence-corrected chi connectivity index (χ2v) is 4.26. The first-order valence-corrected chi connectivity index (χ1v) is 6.63. The van der Waals surface area contributed by atoms with Gasteiger partial charge in [0.25, 0.3) is 0 Å². The highest BCUT2D eigenvalue weighted by atomic mass is 16.5. The van der Waals surface area contributed by atoms with Crippen molar-refractivity contribution in [2.24, 2.45) is 9.98 Å². The van der Waals surface area contributed by atoms with E-state index < -0.39 is 12.1 Å². The molecule has 0 aromatic heterocycles. The molecule has 0 N–H and O–H groups in total. The summed E-state index contributed by atoms with van der Waals surface area (Å²) in [7, 11) is 0. The first-order chi connectivity index (χ1) is 9.65. The summed E-state index contributed by atoms with van der Waals surface area (Å²) in [5.74, 6) is -0.507. The van der Waals surface area contributed by atoms with Gasteiger partial charge < -0.3 is 4.74 Å². The summed E-state index contributed by atoms with van der Waals surface area (Å²) >= 11 is 0. The van der Waals surface area contributed by atoms with Gasteiger partial charge in [0.05, 0.1) is 0 Å². The fraction of sp³-hybridized carbons (Fsp3) is 0.643. The molecule has 0 bridgehead atoms. The molecule has 0 radical (unpaired) electrons. The number of unbranched alkanes of at least 4 members (excludes halogenated alkanes) is 4. The number of aliphatic imine (C=N–C) groups is 2. The number of rotatable bonds is 10. The predicted octanol–water partition coefficient (Wildman–Crippen LogP) is 2.44. The quantitative estimate of drug-likeness (QED) is 0.202. The van der Waals surface area contributed by atoms with Gasteiger partial charge in [-0.05, 0) is 19.8 Å². The van der Waals surface area contributed by atoms with Crippen LogP contribution in [0.15, 0.2) is 21.6 Å². The maximum Gasteiger partial charge on any atom is 0.333 e. The lowest BCUT2D eigenvalue weighted by Crippen LogP contribution is -2.16. The molecule has 0 aliphatic heterocycles. The van der Waals surface area contributed by atoms with Gasteiger partial charge in [-0.1, -0.05) is 32.3 Å². The van der Waals surface area contributed by atoms with Crippen LogP contribution in [0.4, 0.5) is 0 Å². The molecule has 20 heavy (non-hydrogen) atoms. The number of allylic oxidation sites excluding steroid dienone is 1. The van der Waals surface area contributed by atoms with Gasteiger partial charge in [-0.3, -0.25) is 0 Å². The molecule has 0 atom stereocenters. The molecular weight excluding hydrogens is 260 g/mol. The van der Waals surface area contributed by atoms with E-state index in [-0.39, 0.29) is 6.61 Å². The number of hydrogen-bond donors (Lipinski definition) is 0. The van der Waals surface area contributed by atoms with Crippen molar-refractivity contribution in [2.75, 3.05) is 6.61 Å². The topological polar surface area (TPSA) is 85.2 Å². The van der Waals surface area contributed by atoms with E-state index in [1.807, 2.05) is 6.08 Å². The van der Waals surface area contributed by atoms with Crippen LogP contribution in [0.25, 0.3) is 0 Å². The Labute approximate surface area is 118 Å². The van der Waals surface area contributed by atoms with Crippen LogP contribution in [0.3, 0.4) is 0 Å². The number of carbonyl (C=O) groups is 1. The molecule has 6 nitrogen and oxygen atoms in total. The zero-order valence-corrected chi connectivity index (χ0v) is 11.9. The Morgan fingerprint density at radius 2 is 1.85 bits per heavy atom. The normalized spacial score (nSPS) is 12.0. The smallest absolute Gasteiger partial charge is 0.333 e. The molecule has 6 heteroatoms. The SMILES string of the molecule is CCCCCCC=C(C)C(=O)OCC(N=C=O)N=C=O. The van der Waals surface area contributed by atoms with E-state index in [1.165, 1.54) is 25.0 Å². The molecule has 0 fully saturated rings. The molecular formula is C14H20N2O4. The van der Waals surface area contributed by atoms with Crippen molar-refractivity contribution in [3.05, 3.63) is 11.6 Å². The minimum Gasteiger partial charge on any atom is -0.458 e. The Kier molecular flexibility index (Phi) is 10.8. The first-order valence-electron chi connectivity index (χ1n) is 6.63. The lowest BCUT2D eigenvalue weighted by molar-refractivity contribution is -0.139. The molecule has 0 saturated carbocycles. The van der Waals surface area contributed by atoms with Gasteiger partial charge in [-0.15, -0.1) is 0 Å². The van der Waals surface area contributed by atoms with E-state index in [9.17, 15) is 14.4 Å². The standard InChI is InChI=1S/C14H20N2O4/c1-3-4-5-6-7-8-12(2)14(19)20-9-13(15-10-17)16-11-18/h8,13H,3-7,9H2,1-2H3. The Balaban J connectivity index is 4.14. The largest absolute Gasteiger partial charge is 0.458 e. The maximum absolute atomic E-state index is 11.6. The molecule has 0 spiro atoms. The summed E-state index contributed by atoms with van der Waals surface area (Å²) in [6.45, 7) is 3.52. The third-order valence-corrected chi connectivity index (χ3v) is 2.60. The molecule has 0 heterocycles. The predicted molar refractivity (Wildman–Crippen MR) is 73.5 cm³/mol. The summed E-state index contributed by atoms with van der Waals surface area (Å²) in [6, 6.07) is 0. The van der Waals surface area contributed by atoms with Crippen LogP contribution in [0, 0.1) is 0 Å². The van der Waals surface area contributed by atoms with Gasteiger partial charge in [-0.25, -0.2) is 14.4 Å². The summed E-state index contributed by atoms with van der Waals surface area (Å²) < 4.78 is 4.90. The van der Waals surface area contributed by atoms with E-state index in [1.54, 1.807) is 6.92 Å². The minimum atomic E-state index is -1.06. The van der Waals surface area contributed by atoms with E-state index in [0.29, 0.717) is 5.57 Å². The molecule has 0 amide bonds. The molecule has 0 aromatic carbocycles. The molecule has 0 aliphatic rings. The van der Waals surface area contributed by atoms with Crippen LogP contribution in [0.2, 0.25) is 0 Å². The number of hydrogen-bond acceptors (Lipinski definition) is 6. The van der Waals surface area contributed by atoms with Gasteiger partial charge in [0.1, 0.15) is 6.61 Å². The average molecular weight is 280 g/mol. The highest BCUT2D eigenvalue weighted by Gasteiger charge is 2.10. The van der Waals surface area contributed by atoms with Crippen molar-refractivity contribution in [2.45, 2.75) is 52.1 Å².